The van der Waals surface area contributed by atoms with Gasteiger partial charge in [0.25, 0.3) is 0 Å². The molecule has 26 heavy (non-hydrogen) atoms. The molecule has 0 aromatic carbocycles. The molecule has 0 atom stereocenters. The fourth-order valence-electron chi connectivity index (χ4n) is 2.98. The third kappa shape index (κ3) is 3.06. The Kier molecular flexibility index (Phi) is 4.38. The predicted octanol–water partition coefficient (Wildman–Crippen LogP) is 3.78. The molecule has 0 N–H and O–H groups in total. The van der Waals surface area contributed by atoms with Crippen LogP contribution in [0.3, 0.4) is 0 Å². The van der Waals surface area contributed by atoms with E-state index in [2.05, 4.69) is 22.0 Å². The maximum absolute atomic E-state index is 13.5. The number of halogens is 2. The van der Waals surface area contributed by atoms with Crippen molar-refractivity contribution in [3.8, 4) is 11.5 Å². The van der Waals surface area contributed by atoms with Crippen LogP contribution in [-0.2, 0) is 13.0 Å². The summed E-state index contributed by atoms with van der Waals surface area (Å²) >= 11 is 6.04. The number of aryl methyl sites for hydroxylation is 1. The van der Waals surface area contributed by atoms with E-state index in [0.717, 1.165) is 29.9 Å². The molecule has 0 radical (unpaired) electrons. The number of nitrogens with zero attached hydrogens (tertiary/aromatic N) is 6. The summed E-state index contributed by atoms with van der Waals surface area (Å²) in [7, 11) is 0. The molecular weight excluding hydrogens is 355 g/mol. The smallest absolute Gasteiger partial charge is 0.213 e. The molecule has 6 nitrogen and oxygen atoms in total. The van der Waals surface area contributed by atoms with Gasteiger partial charge in [-0.25, -0.2) is 19.5 Å². The van der Waals surface area contributed by atoms with Crippen LogP contribution in [0.2, 0.25) is 5.15 Å². The highest BCUT2D eigenvalue weighted by Gasteiger charge is 2.16. The van der Waals surface area contributed by atoms with Crippen LogP contribution in [0.1, 0.15) is 24.7 Å². The summed E-state index contributed by atoms with van der Waals surface area (Å²) in [6.07, 6.45) is 5.29. The molecule has 4 rings (SSSR count). The average molecular weight is 371 g/mol. The van der Waals surface area contributed by atoms with Gasteiger partial charge < -0.3 is 4.57 Å². The van der Waals surface area contributed by atoms with Crippen LogP contribution in [0.4, 0.5) is 4.39 Å². The first-order valence-corrected chi connectivity index (χ1v) is 8.70. The average Bonchev–Trinajstić information content (AvgIpc) is 3.21. The zero-order chi connectivity index (χ0) is 18.1. The molecule has 0 aliphatic heterocycles. The Morgan fingerprint density at radius 2 is 2.04 bits per heavy atom. The summed E-state index contributed by atoms with van der Waals surface area (Å²) in [5, 5.41) is 4.79. The predicted molar refractivity (Wildman–Crippen MR) is 96.5 cm³/mol. The first-order chi connectivity index (χ1) is 12.7. The molecule has 0 saturated carbocycles. The first-order valence-electron chi connectivity index (χ1n) is 8.33. The van der Waals surface area contributed by atoms with E-state index in [4.69, 9.17) is 16.6 Å². The normalized spacial score (nSPS) is 11.3. The lowest BCUT2D eigenvalue weighted by Crippen LogP contribution is -2.06. The first kappa shape index (κ1) is 16.7. The van der Waals surface area contributed by atoms with Gasteiger partial charge in [0.15, 0.2) is 11.5 Å². The molecule has 8 heteroatoms. The van der Waals surface area contributed by atoms with Gasteiger partial charge in [0, 0.05) is 12.4 Å². The topological polar surface area (TPSA) is 60.9 Å². The number of hydrogen-bond donors (Lipinski definition) is 0. The summed E-state index contributed by atoms with van der Waals surface area (Å²) in [4.78, 5) is 13.0. The van der Waals surface area contributed by atoms with Crippen molar-refractivity contribution >= 4 is 17.2 Å². The van der Waals surface area contributed by atoms with E-state index in [9.17, 15) is 4.39 Å². The van der Waals surface area contributed by atoms with E-state index in [1.54, 1.807) is 28.9 Å². The maximum atomic E-state index is 13.5. The van der Waals surface area contributed by atoms with Crippen molar-refractivity contribution in [1.29, 1.82) is 0 Å². The van der Waals surface area contributed by atoms with Crippen LogP contribution in [0.15, 0.2) is 42.7 Å². The van der Waals surface area contributed by atoms with Gasteiger partial charge in [0.05, 0.1) is 17.9 Å². The minimum Gasteiger partial charge on any atom is -0.324 e. The lowest BCUT2D eigenvalue weighted by molar-refractivity contribution is 0.584. The van der Waals surface area contributed by atoms with Crippen molar-refractivity contribution in [1.82, 2.24) is 29.1 Å². The number of fused-ring (bicyclic) bond motifs is 1. The molecule has 0 bridgehead atoms. The lowest BCUT2D eigenvalue weighted by Gasteiger charge is -2.08. The van der Waals surface area contributed by atoms with Crippen LogP contribution >= 0.6 is 11.6 Å². The second kappa shape index (κ2) is 6.84. The van der Waals surface area contributed by atoms with E-state index < -0.39 is 5.95 Å². The van der Waals surface area contributed by atoms with E-state index in [-0.39, 0.29) is 0 Å². The summed E-state index contributed by atoms with van der Waals surface area (Å²) in [6.45, 7) is 2.59. The van der Waals surface area contributed by atoms with Crippen molar-refractivity contribution in [2.75, 3.05) is 0 Å². The highest BCUT2D eigenvalue weighted by atomic mass is 35.5. The minimum absolute atomic E-state index is 0.422. The van der Waals surface area contributed by atoms with Gasteiger partial charge in [0.2, 0.25) is 5.95 Å². The highest BCUT2D eigenvalue weighted by Crippen LogP contribution is 2.20. The van der Waals surface area contributed by atoms with Gasteiger partial charge in [-0.2, -0.15) is 9.49 Å². The number of aromatic nitrogens is 6. The quantitative estimate of drug-likeness (QED) is 0.501. The highest BCUT2D eigenvalue weighted by molar-refractivity contribution is 6.29. The third-order valence-corrected chi connectivity index (χ3v) is 4.29. The molecule has 0 amide bonds. The minimum atomic E-state index is -0.532. The molecule has 132 valence electrons. The zero-order valence-corrected chi connectivity index (χ0v) is 14.9. The molecule has 0 saturated heterocycles. The van der Waals surface area contributed by atoms with Gasteiger partial charge in [-0.15, -0.1) is 0 Å². The molecule has 0 fully saturated rings. The van der Waals surface area contributed by atoms with Crippen LogP contribution in [0, 0.1) is 5.95 Å². The van der Waals surface area contributed by atoms with Crippen LogP contribution in [0.5, 0.6) is 0 Å². The molecule has 0 unspecified atom stereocenters. The fourth-order valence-corrected chi connectivity index (χ4v) is 3.12. The Morgan fingerprint density at radius 3 is 2.85 bits per heavy atom. The molecule has 4 aromatic heterocycles. The third-order valence-electron chi connectivity index (χ3n) is 4.09. The Morgan fingerprint density at radius 1 is 1.15 bits per heavy atom. The standard InChI is InChI=1S/C18H16ClFN6/c1-2-4-14-13(23-17-8-7-15(19)24-26(14)17)11-25-10-9-21-18(25)12-5-3-6-16(20)22-12/h3,5-10H,2,4,11H2,1H3. The Bertz CT molecular complexity index is 1070. The second-order valence-electron chi connectivity index (χ2n) is 5.91. The van der Waals surface area contributed by atoms with Gasteiger partial charge in [-0.05, 0) is 30.7 Å². The zero-order valence-electron chi connectivity index (χ0n) is 14.1. The maximum Gasteiger partial charge on any atom is 0.213 e. The van der Waals surface area contributed by atoms with Crippen molar-refractivity contribution in [2.24, 2.45) is 0 Å². The summed E-state index contributed by atoms with van der Waals surface area (Å²) in [6, 6.07) is 8.24. The second-order valence-corrected chi connectivity index (χ2v) is 6.29. The number of pyridine rings is 1. The molecular formula is C18H16ClFN6. The van der Waals surface area contributed by atoms with Crippen LogP contribution in [0.25, 0.3) is 17.2 Å². The van der Waals surface area contributed by atoms with E-state index in [1.165, 1.54) is 6.07 Å². The largest absolute Gasteiger partial charge is 0.324 e. The monoisotopic (exact) mass is 370 g/mol. The SMILES string of the molecule is CCCc1c(Cn2ccnc2-c2cccc(F)n2)nc2ccc(Cl)nn12. The van der Waals surface area contributed by atoms with Crippen molar-refractivity contribution < 1.29 is 4.39 Å². The molecule has 0 aliphatic rings. The Hall–Kier alpha value is -2.80. The van der Waals surface area contributed by atoms with Crippen molar-refractivity contribution in [2.45, 2.75) is 26.3 Å². The number of rotatable bonds is 5. The molecule has 4 aromatic rings. The van der Waals surface area contributed by atoms with Gasteiger partial charge in [0.1, 0.15) is 10.8 Å². The van der Waals surface area contributed by atoms with Crippen LogP contribution in [-0.4, -0.2) is 29.1 Å². The Balaban J connectivity index is 1.77. The summed E-state index contributed by atoms with van der Waals surface area (Å²) < 4.78 is 17.2. The molecule has 0 spiro atoms. The molecule has 0 aliphatic carbocycles. The summed E-state index contributed by atoms with van der Waals surface area (Å²) in [5.41, 5.74) is 3.13. The number of imidazole rings is 2. The van der Waals surface area contributed by atoms with Crippen molar-refractivity contribution in [3.05, 3.63) is 65.2 Å². The van der Waals surface area contributed by atoms with E-state index >= 15 is 0 Å². The van der Waals surface area contributed by atoms with Gasteiger partial charge in [-0.1, -0.05) is 31.0 Å². The van der Waals surface area contributed by atoms with Gasteiger partial charge >= 0.3 is 0 Å². The van der Waals surface area contributed by atoms with Crippen molar-refractivity contribution in [3.63, 3.8) is 0 Å². The van der Waals surface area contributed by atoms with Gasteiger partial charge in [-0.3, -0.25) is 0 Å². The van der Waals surface area contributed by atoms with E-state index in [0.29, 0.717) is 23.2 Å². The number of hydrogen-bond acceptors (Lipinski definition) is 4. The Labute approximate surface area is 154 Å². The lowest BCUT2D eigenvalue weighted by atomic mass is 10.2. The molecule has 4 heterocycles. The fraction of sp³-hybridized carbons (Fsp3) is 0.222. The van der Waals surface area contributed by atoms with E-state index in [1.807, 2.05) is 16.8 Å². The van der Waals surface area contributed by atoms with Crippen LogP contribution < -0.4 is 0 Å². The summed E-state index contributed by atoms with van der Waals surface area (Å²) in [5.74, 6) is 0.0605.